The van der Waals surface area contributed by atoms with Crippen LogP contribution in [-0.4, -0.2) is 50.3 Å². The maximum absolute atomic E-state index is 5.39. The van der Waals surface area contributed by atoms with Crippen LogP contribution in [0.3, 0.4) is 0 Å². The van der Waals surface area contributed by atoms with Crippen molar-refractivity contribution < 1.29 is 4.74 Å². The summed E-state index contributed by atoms with van der Waals surface area (Å²) in [4.78, 5) is 2.60. The van der Waals surface area contributed by atoms with E-state index >= 15 is 0 Å². The maximum atomic E-state index is 5.39. The molecule has 1 aliphatic rings. The fourth-order valence-electron chi connectivity index (χ4n) is 2.35. The summed E-state index contributed by atoms with van der Waals surface area (Å²) in [6.07, 6.45) is 5.39. The van der Waals surface area contributed by atoms with E-state index in [-0.39, 0.29) is 0 Å². The molecule has 0 radical (unpaired) electrons. The van der Waals surface area contributed by atoms with Gasteiger partial charge in [0.2, 0.25) is 0 Å². The van der Waals surface area contributed by atoms with Crippen LogP contribution in [0.1, 0.15) is 39.5 Å². The van der Waals surface area contributed by atoms with E-state index in [4.69, 9.17) is 4.74 Å². The second kappa shape index (κ2) is 8.04. The highest BCUT2D eigenvalue weighted by Crippen LogP contribution is 2.16. The molecule has 0 spiro atoms. The van der Waals surface area contributed by atoms with E-state index in [1.165, 1.54) is 38.8 Å². The predicted molar refractivity (Wildman–Crippen MR) is 68.8 cm³/mol. The van der Waals surface area contributed by atoms with Gasteiger partial charge in [0, 0.05) is 26.2 Å². The summed E-state index contributed by atoms with van der Waals surface area (Å²) in [6.45, 7) is 9.27. The van der Waals surface area contributed by atoms with Gasteiger partial charge in [-0.15, -0.1) is 0 Å². The smallest absolute Gasteiger partial charge is 0.0595 e. The van der Waals surface area contributed by atoms with E-state index in [9.17, 15) is 0 Å². The Bertz CT molecular complexity index is 167. The van der Waals surface area contributed by atoms with Gasteiger partial charge < -0.3 is 15.0 Å². The highest BCUT2D eigenvalue weighted by atomic mass is 16.5. The predicted octanol–water partition coefficient (Wildman–Crippen LogP) is 1.88. The van der Waals surface area contributed by atoms with Crippen LogP contribution in [-0.2, 0) is 4.74 Å². The molecule has 0 aliphatic carbocycles. The molecule has 0 amide bonds. The lowest BCUT2D eigenvalue weighted by Crippen LogP contribution is -2.42. The molecule has 1 atom stereocenters. The zero-order valence-corrected chi connectivity index (χ0v) is 11.2. The molecule has 3 heteroatoms. The number of piperidine rings is 1. The first-order chi connectivity index (χ1) is 7.77. The number of ether oxygens (including phenoxy) is 1. The number of hydrogen-bond acceptors (Lipinski definition) is 3. The fourth-order valence-corrected chi connectivity index (χ4v) is 2.35. The second-order valence-corrected chi connectivity index (χ2v) is 4.86. The Morgan fingerprint density at radius 3 is 2.56 bits per heavy atom. The molecule has 0 bridgehead atoms. The van der Waals surface area contributed by atoms with Gasteiger partial charge in [0.05, 0.1) is 6.10 Å². The lowest BCUT2D eigenvalue weighted by molar-refractivity contribution is 0.0286. The van der Waals surface area contributed by atoms with Crippen molar-refractivity contribution in [3.63, 3.8) is 0 Å². The Labute approximate surface area is 101 Å². The quantitative estimate of drug-likeness (QED) is 0.673. The summed E-state index contributed by atoms with van der Waals surface area (Å²) in [5.74, 6) is 0. The fraction of sp³-hybridized carbons (Fsp3) is 1.00. The van der Waals surface area contributed by atoms with Crippen molar-refractivity contribution in [3.05, 3.63) is 0 Å². The average Bonchev–Trinajstić information content (AvgIpc) is 2.34. The molecular formula is C13H28N2O. The van der Waals surface area contributed by atoms with E-state index in [1.807, 2.05) is 7.11 Å². The molecule has 0 aromatic rings. The van der Waals surface area contributed by atoms with Crippen LogP contribution in [0.15, 0.2) is 0 Å². The minimum Gasteiger partial charge on any atom is -0.381 e. The molecule has 1 unspecified atom stereocenters. The van der Waals surface area contributed by atoms with Crippen LogP contribution in [0.5, 0.6) is 0 Å². The summed E-state index contributed by atoms with van der Waals surface area (Å²) in [5.41, 5.74) is 0. The Balaban J connectivity index is 2.10. The summed E-state index contributed by atoms with van der Waals surface area (Å²) in [6, 6.07) is 0.710. The third-order valence-electron chi connectivity index (χ3n) is 3.60. The van der Waals surface area contributed by atoms with Crippen LogP contribution in [0.25, 0.3) is 0 Å². The average molecular weight is 228 g/mol. The number of nitrogens with one attached hydrogen (secondary N) is 1. The molecule has 1 heterocycles. The summed E-state index contributed by atoms with van der Waals surface area (Å²) < 4.78 is 5.39. The Morgan fingerprint density at radius 2 is 2.00 bits per heavy atom. The van der Waals surface area contributed by atoms with Crippen molar-refractivity contribution in [1.82, 2.24) is 10.2 Å². The van der Waals surface area contributed by atoms with Crippen molar-refractivity contribution in [1.29, 1.82) is 0 Å². The van der Waals surface area contributed by atoms with E-state index < -0.39 is 0 Å². The largest absolute Gasteiger partial charge is 0.381 e. The Hall–Kier alpha value is -0.120. The molecule has 0 aromatic heterocycles. The van der Waals surface area contributed by atoms with Crippen LogP contribution < -0.4 is 5.32 Å². The van der Waals surface area contributed by atoms with Crippen LogP contribution in [0, 0.1) is 0 Å². The molecule has 1 fully saturated rings. The van der Waals surface area contributed by atoms with Crippen LogP contribution in [0.2, 0.25) is 0 Å². The van der Waals surface area contributed by atoms with Crippen molar-refractivity contribution in [2.45, 2.75) is 51.7 Å². The third kappa shape index (κ3) is 4.81. The zero-order valence-electron chi connectivity index (χ0n) is 11.2. The molecule has 0 aromatic carbocycles. The van der Waals surface area contributed by atoms with Gasteiger partial charge >= 0.3 is 0 Å². The van der Waals surface area contributed by atoms with Crippen molar-refractivity contribution >= 4 is 0 Å². The SMILES string of the molecule is CCCNCCC(C)N1CCC(OC)CC1. The zero-order chi connectivity index (χ0) is 11.8. The number of likely N-dealkylation sites (tertiary alicyclic amines) is 1. The molecule has 1 N–H and O–H groups in total. The van der Waals surface area contributed by atoms with Gasteiger partial charge in [-0.2, -0.15) is 0 Å². The highest BCUT2D eigenvalue weighted by Gasteiger charge is 2.21. The van der Waals surface area contributed by atoms with Crippen molar-refractivity contribution in [2.75, 3.05) is 33.3 Å². The van der Waals surface area contributed by atoms with Crippen molar-refractivity contribution in [2.24, 2.45) is 0 Å². The molecule has 1 rings (SSSR count). The number of hydrogen-bond donors (Lipinski definition) is 1. The molecule has 3 nitrogen and oxygen atoms in total. The number of nitrogens with zero attached hydrogens (tertiary/aromatic N) is 1. The van der Waals surface area contributed by atoms with Gasteiger partial charge in [0.15, 0.2) is 0 Å². The molecular weight excluding hydrogens is 200 g/mol. The van der Waals surface area contributed by atoms with Gasteiger partial charge in [-0.1, -0.05) is 6.92 Å². The Kier molecular flexibility index (Phi) is 7.01. The van der Waals surface area contributed by atoms with Crippen LogP contribution in [0.4, 0.5) is 0 Å². The lowest BCUT2D eigenvalue weighted by Gasteiger charge is -2.35. The minimum absolute atomic E-state index is 0.502. The molecule has 1 saturated heterocycles. The first kappa shape index (κ1) is 13.9. The van der Waals surface area contributed by atoms with Gasteiger partial charge in [-0.05, 0) is 45.7 Å². The minimum atomic E-state index is 0.502. The van der Waals surface area contributed by atoms with Gasteiger partial charge in [0.25, 0.3) is 0 Å². The topological polar surface area (TPSA) is 24.5 Å². The number of methoxy groups -OCH3 is 1. The molecule has 1 aliphatic heterocycles. The van der Waals surface area contributed by atoms with Gasteiger partial charge in [-0.3, -0.25) is 0 Å². The van der Waals surface area contributed by atoms with E-state index in [0.29, 0.717) is 12.1 Å². The highest BCUT2D eigenvalue weighted by molar-refractivity contribution is 4.76. The van der Waals surface area contributed by atoms with Crippen LogP contribution >= 0.6 is 0 Å². The standard InChI is InChI=1S/C13H28N2O/c1-4-8-14-9-5-12(2)15-10-6-13(16-3)7-11-15/h12-14H,4-11H2,1-3H3. The first-order valence-electron chi connectivity index (χ1n) is 6.75. The third-order valence-corrected chi connectivity index (χ3v) is 3.60. The van der Waals surface area contributed by atoms with Gasteiger partial charge in [-0.25, -0.2) is 0 Å². The molecule has 96 valence electrons. The summed E-state index contributed by atoms with van der Waals surface area (Å²) in [5, 5.41) is 3.47. The molecule has 16 heavy (non-hydrogen) atoms. The van der Waals surface area contributed by atoms with Crippen molar-refractivity contribution in [3.8, 4) is 0 Å². The maximum Gasteiger partial charge on any atom is 0.0595 e. The summed E-state index contributed by atoms with van der Waals surface area (Å²) in [7, 11) is 1.83. The summed E-state index contributed by atoms with van der Waals surface area (Å²) >= 11 is 0. The van der Waals surface area contributed by atoms with Gasteiger partial charge in [0.1, 0.15) is 0 Å². The lowest BCUT2D eigenvalue weighted by atomic mass is 10.0. The number of rotatable bonds is 7. The van der Waals surface area contributed by atoms with E-state index in [1.54, 1.807) is 0 Å². The first-order valence-corrected chi connectivity index (χ1v) is 6.75. The monoisotopic (exact) mass is 228 g/mol. The van der Waals surface area contributed by atoms with E-state index in [0.717, 1.165) is 13.1 Å². The Morgan fingerprint density at radius 1 is 1.31 bits per heavy atom. The normalized spacial score (nSPS) is 21.2. The second-order valence-electron chi connectivity index (χ2n) is 4.86. The van der Waals surface area contributed by atoms with E-state index in [2.05, 4.69) is 24.1 Å². The molecule has 0 saturated carbocycles.